The van der Waals surface area contributed by atoms with Crippen LogP contribution >= 0.6 is 12.4 Å². The molecule has 0 bridgehead atoms. The Kier molecular flexibility index (Phi) is 7.98. The van der Waals surface area contributed by atoms with Crippen molar-refractivity contribution in [2.45, 2.75) is 32.2 Å². The van der Waals surface area contributed by atoms with Gasteiger partial charge in [-0.15, -0.1) is 25.6 Å². The van der Waals surface area contributed by atoms with Crippen molar-refractivity contribution < 1.29 is 0 Å². The van der Waals surface area contributed by atoms with Crippen LogP contribution in [0.15, 0.2) is 37.0 Å². The lowest BCUT2D eigenvalue weighted by molar-refractivity contribution is 0.510. The summed E-state index contributed by atoms with van der Waals surface area (Å²) in [4.78, 5) is 0. The molecule has 76 valence electrons. The van der Waals surface area contributed by atoms with E-state index in [1.54, 1.807) is 0 Å². The summed E-state index contributed by atoms with van der Waals surface area (Å²) in [6, 6.07) is 0. The largest absolute Gasteiger partial charge is 0.321 e. The maximum atomic E-state index is 6.16. The maximum absolute atomic E-state index is 6.16. The van der Waals surface area contributed by atoms with Gasteiger partial charge >= 0.3 is 0 Å². The lowest BCUT2D eigenvalue weighted by Gasteiger charge is -2.28. The maximum Gasteiger partial charge on any atom is 0.0435 e. The van der Waals surface area contributed by atoms with Crippen molar-refractivity contribution in [2.75, 3.05) is 0 Å². The van der Waals surface area contributed by atoms with E-state index in [-0.39, 0.29) is 17.9 Å². The van der Waals surface area contributed by atoms with Gasteiger partial charge in [0.05, 0.1) is 0 Å². The lowest BCUT2D eigenvalue weighted by Crippen LogP contribution is -2.39. The van der Waals surface area contributed by atoms with E-state index in [4.69, 9.17) is 5.73 Å². The first kappa shape index (κ1) is 15.0. The van der Waals surface area contributed by atoms with Crippen LogP contribution in [0.5, 0.6) is 0 Å². The number of hydrogen-bond donors (Lipinski definition) is 1. The molecule has 0 aromatic heterocycles. The first-order valence-electron chi connectivity index (χ1n) is 4.24. The molecule has 0 atom stereocenters. The van der Waals surface area contributed by atoms with Crippen molar-refractivity contribution in [3.05, 3.63) is 37.0 Å². The monoisotopic (exact) mass is 201 g/mol. The molecule has 0 aliphatic heterocycles. The van der Waals surface area contributed by atoms with Crippen LogP contribution in [0.2, 0.25) is 0 Å². The molecule has 0 radical (unpaired) electrons. The van der Waals surface area contributed by atoms with Crippen molar-refractivity contribution in [1.82, 2.24) is 0 Å². The van der Waals surface area contributed by atoms with Crippen LogP contribution in [-0.4, -0.2) is 5.54 Å². The molecule has 0 fully saturated rings. The molecule has 0 amide bonds. The second-order valence-electron chi connectivity index (χ2n) is 3.11. The minimum absolute atomic E-state index is 0. The van der Waals surface area contributed by atoms with E-state index >= 15 is 0 Å². The molecule has 0 unspecified atom stereocenters. The summed E-state index contributed by atoms with van der Waals surface area (Å²) < 4.78 is 0. The normalized spacial score (nSPS) is 11.8. The Labute approximate surface area is 87.8 Å². The van der Waals surface area contributed by atoms with Gasteiger partial charge in [-0.2, -0.15) is 0 Å². The highest BCUT2D eigenvalue weighted by Gasteiger charge is 2.22. The fraction of sp³-hybridized carbons (Fsp3) is 0.455. The molecule has 2 N–H and O–H groups in total. The number of allylic oxidation sites excluding steroid dienone is 1. The van der Waals surface area contributed by atoms with Gasteiger partial charge in [-0.25, -0.2) is 0 Å². The van der Waals surface area contributed by atoms with Gasteiger partial charge in [0, 0.05) is 5.54 Å². The summed E-state index contributed by atoms with van der Waals surface area (Å²) in [6.07, 6.45) is 7.37. The fourth-order valence-electron chi connectivity index (χ4n) is 1.21. The van der Waals surface area contributed by atoms with E-state index in [2.05, 4.69) is 13.2 Å². The molecule has 0 saturated heterocycles. The minimum atomic E-state index is -0.266. The molecule has 0 aliphatic rings. The first-order chi connectivity index (χ1) is 5.60. The molecule has 0 aliphatic carbocycles. The average Bonchev–Trinajstić information content (AvgIpc) is 2.04. The van der Waals surface area contributed by atoms with Gasteiger partial charge in [0.1, 0.15) is 0 Å². The van der Waals surface area contributed by atoms with Gasteiger partial charge in [-0.05, 0) is 26.7 Å². The third-order valence-corrected chi connectivity index (χ3v) is 2.24. The van der Waals surface area contributed by atoms with Gasteiger partial charge in [0.15, 0.2) is 0 Å². The molecule has 0 heterocycles. The average molecular weight is 202 g/mol. The second-order valence-corrected chi connectivity index (χ2v) is 3.11. The molecule has 0 spiro atoms. The van der Waals surface area contributed by atoms with Gasteiger partial charge in [-0.1, -0.05) is 23.8 Å². The van der Waals surface area contributed by atoms with Crippen molar-refractivity contribution >= 4 is 12.4 Å². The molecule has 0 rings (SSSR count). The first-order valence-corrected chi connectivity index (χ1v) is 4.24. The molecule has 1 nitrogen and oxygen atoms in total. The number of hydrogen-bond acceptors (Lipinski definition) is 1. The van der Waals surface area contributed by atoms with E-state index in [9.17, 15) is 0 Å². The summed E-state index contributed by atoms with van der Waals surface area (Å²) in [5, 5.41) is 0. The Morgan fingerprint density at radius 3 is 1.92 bits per heavy atom. The van der Waals surface area contributed by atoms with Crippen LogP contribution in [-0.2, 0) is 0 Å². The zero-order chi connectivity index (χ0) is 9.61. The molecule has 0 aromatic rings. The lowest BCUT2D eigenvalue weighted by atomic mass is 9.85. The molecule has 0 saturated carbocycles. The van der Waals surface area contributed by atoms with Crippen molar-refractivity contribution in [2.24, 2.45) is 5.73 Å². The smallest absolute Gasteiger partial charge is 0.0435 e. The third-order valence-electron chi connectivity index (χ3n) is 2.24. The molecule has 13 heavy (non-hydrogen) atoms. The Bertz CT molecular complexity index is 184. The number of nitrogens with two attached hydrogens (primary N) is 1. The van der Waals surface area contributed by atoms with Crippen molar-refractivity contribution in [1.29, 1.82) is 0 Å². The van der Waals surface area contributed by atoms with Gasteiger partial charge < -0.3 is 5.73 Å². The summed E-state index contributed by atoms with van der Waals surface area (Å²) in [5.74, 6) is 0. The highest BCUT2D eigenvalue weighted by Crippen LogP contribution is 2.22. The van der Waals surface area contributed by atoms with Gasteiger partial charge in [0.25, 0.3) is 0 Å². The Balaban J connectivity index is 0. The quantitative estimate of drug-likeness (QED) is 0.680. The van der Waals surface area contributed by atoms with Crippen molar-refractivity contribution in [3.63, 3.8) is 0 Å². The Hall–Kier alpha value is -0.530. The highest BCUT2D eigenvalue weighted by molar-refractivity contribution is 5.85. The fourth-order valence-corrected chi connectivity index (χ4v) is 1.21. The predicted octanol–water partition coefficient (Wildman–Crippen LogP) is 3.22. The zero-order valence-electron chi connectivity index (χ0n) is 8.55. The number of rotatable bonds is 5. The summed E-state index contributed by atoms with van der Waals surface area (Å²) >= 11 is 0. The second kappa shape index (κ2) is 6.93. The minimum Gasteiger partial charge on any atom is -0.321 e. The summed E-state index contributed by atoms with van der Waals surface area (Å²) in [7, 11) is 0. The number of halogens is 1. The van der Waals surface area contributed by atoms with Gasteiger partial charge in [0.2, 0.25) is 0 Å². The van der Waals surface area contributed by atoms with Crippen LogP contribution in [0, 0.1) is 0 Å². The highest BCUT2D eigenvalue weighted by atomic mass is 35.5. The summed E-state index contributed by atoms with van der Waals surface area (Å²) in [6.45, 7) is 11.5. The molecular weight excluding hydrogens is 182 g/mol. The molecular formula is C11H20ClN. The molecule has 0 aromatic carbocycles. The topological polar surface area (TPSA) is 26.0 Å². The van der Waals surface area contributed by atoms with Crippen LogP contribution in [0.1, 0.15) is 26.7 Å². The zero-order valence-corrected chi connectivity index (χ0v) is 9.36. The molecule has 2 heteroatoms. The SMILES string of the molecule is C=CCC(N)(CC=C)C(C)=CC.Cl. The van der Waals surface area contributed by atoms with E-state index in [0.717, 1.165) is 12.8 Å². The van der Waals surface area contributed by atoms with Crippen LogP contribution in [0.4, 0.5) is 0 Å². The predicted molar refractivity (Wildman–Crippen MR) is 63.2 cm³/mol. The van der Waals surface area contributed by atoms with E-state index in [1.807, 2.05) is 32.1 Å². The van der Waals surface area contributed by atoms with E-state index in [0.29, 0.717) is 0 Å². The van der Waals surface area contributed by atoms with Crippen LogP contribution < -0.4 is 5.73 Å². The van der Waals surface area contributed by atoms with Crippen LogP contribution in [0.25, 0.3) is 0 Å². The van der Waals surface area contributed by atoms with E-state index < -0.39 is 0 Å². The Morgan fingerprint density at radius 1 is 1.31 bits per heavy atom. The Morgan fingerprint density at radius 2 is 1.69 bits per heavy atom. The van der Waals surface area contributed by atoms with Gasteiger partial charge in [-0.3, -0.25) is 0 Å². The van der Waals surface area contributed by atoms with E-state index in [1.165, 1.54) is 5.57 Å². The summed E-state index contributed by atoms with van der Waals surface area (Å²) in [5.41, 5.74) is 7.09. The standard InChI is InChI=1S/C11H19N.ClH/c1-5-8-11(12,9-6-2)10(4)7-3;/h5-7H,1-2,8-9,12H2,3-4H3;1H. The third kappa shape index (κ3) is 4.30. The van der Waals surface area contributed by atoms with Crippen molar-refractivity contribution in [3.8, 4) is 0 Å². The van der Waals surface area contributed by atoms with Crippen LogP contribution in [0.3, 0.4) is 0 Å².